The second-order valence-corrected chi connectivity index (χ2v) is 19.5. The second-order valence-electron chi connectivity index (χ2n) is 19.5. The number of imidazole rings is 1. The number of hydrogen-bond donors (Lipinski definition) is 1. The average Bonchev–Trinajstić information content (AvgIpc) is 3.63. The highest BCUT2D eigenvalue weighted by Crippen LogP contribution is 2.43. The molecule has 0 amide bonds. The molecule has 0 radical (unpaired) electrons. The SMILES string of the molecule is [2H]C(C)(C)c1ccc(-c2ccnc(-c3cc(-c4cccc5c4nc(-c4cc(C)cc(C)c4O)n5-c4ccc(C([2H])(C)C)cc4-c4ccc(C(C)(C)C)cc4)cc(C(C)(C)C)c3)c2)cc1. The molecule has 8 aromatic rings. The average molecular weight is 818 g/mol. The molecule has 314 valence electrons. The van der Waals surface area contributed by atoms with E-state index in [4.69, 9.17) is 12.7 Å². The minimum atomic E-state index is -0.828. The molecule has 0 atom stereocenters. The summed E-state index contributed by atoms with van der Waals surface area (Å²) in [7, 11) is 0. The fourth-order valence-electron chi connectivity index (χ4n) is 8.44. The molecule has 2 heterocycles. The summed E-state index contributed by atoms with van der Waals surface area (Å²) in [5, 5.41) is 11.9. The van der Waals surface area contributed by atoms with Crippen LogP contribution in [0.4, 0.5) is 0 Å². The van der Waals surface area contributed by atoms with E-state index in [9.17, 15) is 5.11 Å². The van der Waals surface area contributed by atoms with Crippen LogP contribution in [-0.2, 0) is 10.8 Å². The van der Waals surface area contributed by atoms with Crippen molar-refractivity contribution >= 4 is 11.0 Å². The number of para-hydroxylation sites is 1. The number of fused-ring (bicyclic) bond motifs is 1. The lowest BCUT2D eigenvalue weighted by atomic mass is 9.83. The van der Waals surface area contributed by atoms with Crippen molar-refractivity contribution in [1.82, 2.24) is 14.5 Å². The van der Waals surface area contributed by atoms with Gasteiger partial charge in [0.25, 0.3) is 0 Å². The Morgan fingerprint density at radius 3 is 1.87 bits per heavy atom. The molecule has 0 aliphatic heterocycles. The summed E-state index contributed by atoms with van der Waals surface area (Å²) in [5.41, 5.74) is 17.2. The van der Waals surface area contributed by atoms with Gasteiger partial charge >= 0.3 is 0 Å². The number of nitrogens with zero attached hydrogens (tertiary/aromatic N) is 3. The van der Waals surface area contributed by atoms with Crippen LogP contribution in [-0.4, -0.2) is 19.6 Å². The van der Waals surface area contributed by atoms with Crippen LogP contribution in [0.2, 0.25) is 0 Å². The van der Waals surface area contributed by atoms with Crippen LogP contribution in [0, 0.1) is 13.8 Å². The third-order valence-electron chi connectivity index (χ3n) is 12.2. The largest absolute Gasteiger partial charge is 0.507 e. The van der Waals surface area contributed by atoms with Crippen molar-refractivity contribution in [3.63, 3.8) is 0 Å². The Labute approximate surface area is 372 Å². The molecule has 0 aliphatic carbocycles. The van der Waals surface area contributed by atoms with Gasteiger partial charge in [0.1, 0.15) is 11.6 Å². The first kappa shape index (κ1) is 39.9. The summed E-state index contributed by atoms with van der Waals surface area (Å²) in [6.07, 6.45) is 1.88. The predicted molar refractivity (Wildman–Crippen MR) is 263 cm³/mol. The number of rotatable bonds is 8. The lowest BCUT2D eigenvalue weighted by Crippen LogP contribution is -2.11. The van der Waals surface area contributed by atoms with Crippen LogP contribution < -0.4 is 0 Å². The monoisotopic (exact) mass is 817 g/mol. The quantitative estimate of drug-likeness (QED) is 0.166. The molecule has 4 nitrogen and oxygen atoms in total. The van der Waals surface area contributed by atoms with Gasteiger partial charge in [0, 0.05) is 25.6 Å². The number of phenols is 1. The molecule has 0 saturated carbocycles. The molecule has 4 heteroatoms. The van der Waals surface area contributed by atoms with E-state index in [0.29, 0.717) is 11.4 Å². The first-order valence-electron chi connectivity index (χ1n) is 22.8. The molecular formula is C58H61N3O. The number of aromatic nitrogens is 3. The zero-order chi connectivity index (χ0) is 46.1. The Hall–Kier alpha value is -6.26. The molecule has 8 rings (SSSR count). The molecule has 0 aliphatic rings. The third-order valence-corrected chi connectivity index (χ3v) is 12.2. The lowest BCUT2D eigenvalue weighted by Gasteiger charge is -2.22. The smallest absolute Gasteiger partial charge is 0.149 e. The maximum atomic E-state index is 11.9. The number of aryl methyl sites for hydroxylation is 2. The fraction of sp³-hybridized carbons (Fsp3) is 0.276. The summed E-state index contributed by atoms with van der Waals surface area (Å²) in [4.78, 5) is 10.5. The van der Waals surface area contributed by atoms with Crippen LogP contribution in [0.15, 0.2) is 134 Å². The zero-order valence-electron chi connectivity index (χ0n) is 40.5. The molecular weight excluding hydrogens is 755 g/mol. The van der Waals surface area contributed by atoms with Gasteiger partial charge in [0.05, 0.1) is 28.0 Å². The summed E-state index contributed by atoms with van der Waals surface area (Å²) >= 11 is 0. The van der Waals surface area contributed by atoms with Crippen molar-refractivity contribution in [2.24, 2.45) is 0 Å². The molecule has 1 N–H and O–H groups in total. The van der Waals surface area contributed by atoms with E-state index in [0.717, 1.165) is 83.6 Å². The van der Waals surface area contributed by atoms with Gasteiger partial charge in [-0.25, -0.2) is 4.98 Å². The summed E-state index contributed by atoms with van der Waals surface area (Å²) in [5.74, 6) is -0.663. The van der Waals surface area contributed by atoms with Gasteiger partial charge in [-0.15, -0.1) is 0 Å². The summed E-state index contributed by atoms with van der Waals surface area (Å²) < 4.78 is 19.8. The first-order chi connectivity index (χ1) is 30.0. The van der Waals surface area contributed by atoms with Crippen LogP contribution >= 0.6 is 0 Å². The van der Waals surface area contributed by atoms with Gasteiger partial charge in [-0.1, -0.05) is 148 Å². The van der Waals surface area contributed by atoms with Gasteiger partial charge in [-0.3, -0.25) is 9.55 Å². The van der Waals surface area contributed by atoms with Gasteiger partial charge < -0.3 is 5.11 Å². The van der Waals surface area contributed by atoms with Gasteiger partial charge in [-0.2, -0.15) is 0 Å². The van der Waals surface area contributed by atoms with Crippen molar-refractivity contribution in [1.29, 1.82) is 0 Å². The van der Waals surface area contributed by atoms with E-state index < -0.39 is 11.8 Å². The Morgan fingerprint density at radius 1 is 0.565 bits per heavy atom. The maximum Gasteiger partial charge on any atom is 0.149 e. The van der Waals surface area contributed by atoms with Gasteiger partial charge in [-0.05, 0) is 141 Å². The molecule has 6 aromatic carbocycles. The van der Waals surface area contributed by atoms with E-state index in [1.165, 1.54) is 11.1 Å². The van der Waals surface area contributed by atoms with Crippen LogP contribution in [0.1, 0.15) is 117 Å². The van der Waals surface area contributed by atoms with Crippen LogP contribution in [0.5, 0.6) is 5.75 Å². The van der Waals surface area contributed by atoms with E-state index >= 15 is 0 Å². The number of pyridine rings is 1. The second kappa shape index (κ2) is 16.2. The molecule has 0 saturated heterocycles. The highest BCUT2D eigenvalue weighted by atomic mass is 16.3. The van der Waals surface area contributed by atoms with Gasteiger partial charge in [0.15, 0.2) is 0 Å². The Kier molecular flexibility index (Phi) is 10.4. The van der Waals surface area contributed by atoms with E-state index in [-0.39, 0.29) is 16.6 Å². The third kappa shape index (κ3) is 8.23. The predicted octanol–water partition coefficient (Wildman–Crippen LogP) is 15.9. The highest BCUT2D eigenvalue weighted by Gasteiger charge is 2.25. The zero-order valence-corrected chi connectivity index (χ0v) is 38.5. The van der Waals surface area contributed by atoms with Crippen LogP contribution in [0.25, 0.3) is 72.7 Å². The molecule has 2 aromatic heterocycles. The van der Waals surface area contributed by atoms with Crippen molar-refractivity contribution in [2.45, 2.75) is 106 Å². The van der Waals surface area contributed by atoms with Gasteiger partial charge in [0.2, 0.25) is 0 Å². The molecule has 0 spiro atoms. The summed E-state index contributed by atoms with van der Waals surface area (Å²) in [6.45, 7) is 25.1. The van der Waals surface area contributed by atoms with Crippen molar-refractivity contribution < 1.29 is 7.85 Å². The molecule has 0 fully saturated rings. The topological polar surface area (TPSA) is 50.9 Å². The molecule has 62 heavy (non-hydrogen) atoms. The summed E-state index contributed by atoms with van der Waals surface area (Å²) in [6, 6.07) is 44.8. The van der Waals surface area contributed by atoms with E-state index in [2.05, 4.69) is 150 Å². The molecule has 0 unspecified atom stereocenters. The van der Waals surface area contributed by atoms with E-state index in [1.54, 1.807) is 0 Å². The van der Waals surface area contributed by atoms with Crippen LogP contribution in [0.3, 0.4) is 0 Å². The minimum Gasteiger partial charge on any atom is -0.507 e. The number of phenolic OH excluding ortho intramolecular Hbond substituents is 1. The van der Waals surface area contributed by atoms with E-state index in [1.807, 2.05) is 71.1 Å². The Bertz CT molecular complexity index is 3040. The number of hydrogen-bond acceptors (Lipinski definition) is 3. The minimum absolute atomic E-state index is 0.00721. The highest BCUT2D eigenvalue weighted by molar-refractivity contribution is 5.98. The number of aromatic hydroxyl groups is 1. The maximum absolute atomic E-state index is 11.9. The van der Waals surface area contributed by atoms with Crippen molar-refractivity contribution in [3.05, 3.63) is 167 Å². The molecule has 0 bridgehead atoms. The number of benzene rings is 6. The normalized spacial score (nSPS) is 13.0. The fourth-order valence-corrected chi connectivity index (χ4v) is 8.44. The van der Waals surface area contributed by atoms with Crippen molar-refractivity contribution in [2.75, 3.05) is 0 Å². The first-order valence-corrected chi connectivity index (χ1v) is 21.8. The Morgan fingerprint density at radius 2 is 1.21 bits per heavy atom. The lowest BCUT2D eigenvalue weighted by molar-refractivity contribution is 0.472. The standard InChI is InChI=1S/C58H61N3O/c1-35(2)39-16-18-40(19-17-39)43-26-27-59-51(34-43)45-30-44(31-47(32-45)58(10,11)12)48-14-13-15-53-54(48)60-56(50-29-37(5)28-38(6)55(50)62)61(53)52-25-22-42(36(3)4)33-49(52)41-20-23-46(24-21-41)57(7,8)9/h13-36,62H,1-12H3/i35D,36D. The Balaban J connectivity index is 1.38. The van der Waals surface area contributed by atoms with Crippen molar-refractivity contribution in [3.8, 4) is 67.5 Å².